The molecule has 0 saturated carbocycles. The van der Waals surface area contributed by atoms with Gasteiger partial charge in [0, 0.05) is 0 Å². The van der Waals surface area contributed by atoms with Crippen LogP contribution in [0.4, 0.5) is 4.39 Å². The van der Waals surface area contributed by atoms with Crippen LogP contribution in [0.15, 0.2) is 12.1 Å². The van der Waals surface area contributed by atoms with E-state index in [4.69, 9.17) is 10.5 Å². The molecule has 0 amide bonds. The second-order valence-corrected chi connectivity index (χ2v) is 3.66. The highest BCUT2D eigenvalue weighted by Crippen LogP contribution is 2.23. The van der Waals surface area contributed by atoms with Crippen molar-refractivity contribution in [1.82, 2.24) is 0 Å². The highest BCUT2D eigenvalue weighted by molar-refractivity contribution is 5.37. The van der Waals surface area contributed by atoms with Crippen LogP contribution in [0.25, 0.3) is 0 Å². The Morgan fingerprint density at radius 2 is 2.07 bits per heavy atom. The summed E-state index contributed by atoms with van der Waals surface area (Å²) in [6.45, 7) is 2.50. The number of ether oxygens (including phenoxy) is 1. The third kappa shape index (κ3) is 3.20. The summed E-state index contributed by atoms with van der Waals surface area (Å²) in [5.74, 6) is 0.601. The lowest BCUT2D eigenvalue weighted by Gasteiger charge is -2.09. The van der Waals surface area contributed by atoms with Crippen LogP contribution in [0.5, 0.6) is 5.75 Å². The van der Waals surface area contributed by atoms with Gasteiger partial charge in [-0.05, 0) is 56.0 Å². The molecule has 1 aromatic carbocycles. The number of rotatable bonds is 5. The van der Waals surface area contributed by atoms with Gasteiger partial charge < -0.3 is 10.5 Å². The topological polar surface area (TPSA) is 35.2 Å². The van der Waals surface area contributed by atoms with Crippen molar-refractivity contribution in [2.75, 3.05) is 13.7 Å². The Bertz CT molecular complexity index is 326. The average Bonchev–Trinajstić information content (AvgIpc) is 2.21. The Kier molecular flexibility index (Phi) is 4.56. The second kappa shape index (κ2) is 5.71. The largest absolute Gasteiger partial charge is 0.496 e. The van der Waals surface area contributed by atoms with E-state index in [9.17, 15) is 4.39 Å². The number of nitrogens with two attached hydrogens (primary N) is 1. The van der Waals surface area contributed by atoms with Crippen molar-refractivity contribution >= 4 is 0 Å². The van der Waals surface area contributed by atoms with Crippen molar-refractivity contribution in [3.05, 3.63) is 29.1 Å². The maximum atomic E-state index is 13.5. The molecule has 0 fully saturated rings. The Balaban J connectivity index is 2.78. The van der Waals surface area contributed by atoms with Gasteiger partial charge in [0.1, 0.15) is 11.6 Å². The van der Waals surface area contributed by atoms with Gasteiger partial charge in [-0.25, -0.2) is 4.39 Å². The van der Waals surface area contributed by atoms with Gasteiger partial charge in [0.25, 0.3) is 0 Å². The van der Waals surface area contributed by atoms with Crippen LogP contribution >= 0.6 is 0 Å². The van der Waals surface area contributed by atoms with Crippen LogP contribution < -0.4 is 10.5 Å². The molecule has 0 aliphatic heterocycles. The van der Waals surface area contributed by atoms with Crippen molar-refractivity contribution in [2.45, 2.75) is 26.2 Å². The first kappa shape index (κ1) is 12.0. The standard InChI is InChI=1S/C12H18FNO/c1-9-7-11(13)10(5-3-4-6-14)8-12(9)15-2/h7-8H,3-6,14H2,1-2H3. The van der Waals surface area contributed by atoms with E-state index in [2.05, 4.69) is 0 Å². The summed E-state index contributed by atoms with van der Waals surface area (Å²) in [5.41, 5.74) is 6.94. The molecule has 84 valence electrons. The van der Waals surface area contributed by atoms with Gasteiger partial charge in [-0.2, -0.15) is 0 Å². The first-order chi connectivity index (χ1) is 7.19. The number of hydrogen-bond donors (Lipinski definition) is 1. The van der Waals surface area contributed by atoms with E-state index in [1.807, 2.05) is 6.92 Å². The lowest BCUT2D eigenvalue weighted by Crippen LogP contribution is -2.00. The van der Waals surface area contributed by atoms with Crippen LogP contribution in [-0.2, 0) is 6.42 Å². The van der Waals surface area contributed by atoms with Gasteiger partial charge >= 0.3 is 0 Å². The van der Waals surface area contributed by atoms with Crippen LogP contribution in [0, 0.1) is 12.7 Å². The molecule has 2 nitrogen and oxygen atoms in total. The van der Waals surface area contributed by atoms with Crippen molar-refractivity contribution in [3.8, 4) is 5.75 Å². The molecule has 0 bridgehead atoms. The zero-order valence-electron chi connectivity index (χ0n) is 9.35. The summed E-state index contributed by atoms with van der Waals surface area (Å²) in [6, 6.07) is 3.30. The fourth-order valence-electron chi connectivity index (χ4n) is 1.57. The molecule has 3 heteroatoms. The number of aryl methyl sites for hydroxylation is 2. The van der Waals surface area contributed by atoms with Crippen LogP contribution in [0.3, 0.4) is 0 Å². The quantitative estimate of drug-likeness (QED) is 0.759. The lowest BCUT2D eigenvalue weighted by atomic mass is 10.0. The Labute approximate surface area is 90.2 Å². The van der Waals surface area contributed by atoms with E-state index in [0.29, 0.717) is 12.1 Å². The van der Waals surface area contributed by atoms with E-state index in [1.165, 1.54) is 6.07 Å². The third-order valence-electron chi connectivity index (χ3n) is 2.46. The maximum Gasteiger partial charge on any atom is 0.126 e. The SMILES string of the molecule is COc1cc(CCCCN)c(F)cc1C. The molecule has 2 N–H and O–H groups in total. The first-order valence-electron chi connectivity index (χ1n) is 5.22. The van der Waals surface area contributed by atoms with Gasteiger partial charge in [0.15, 0.2) is 0 Å². The van der Waals surface area contributed by atoms with E-state index in [0.717, 1.165) is 30.6 Å². The Morgan fingerprint density at radius 1 is 1.33 bits per heavy atom. The molecule has 0 aliphatic carbocycles. The summed E-state index contributed by atoms with van der Waals surface area (Å²) in [4.78, 5) is 0. The molecule has 0 atom stereocenters. The normalized spacial score (nSPS) is 10.4. The van der Waals surface area contributed by atoms with Crippen molar-refractivity contribution < 1.29 is 9.13 Å². The maximum absolute atomic E-state index is 13.5. The predicted molar refractivity (Wildman–Crippen MR) is 59.7 cm³/mol. The molecule has 0 heterocycles. The van der Waals surface area contributed by atoms with Crippen LogP contribution in [-0.4, -0.2) is 13.7 Å². The molecule has 15 heavy (non-hydrogen) atoms. The van der Waals surface area contributed by atoms with E-state index >= 15 is 0 Å². The molecule has 1 rings (SSSR count). The summed E-state index contributed by atoms with van der Waals surface area (Å²) in [6.07, 6.45) is 2.56. The fourth-order valence-corrected chi connectivity index (χ4v) is 1.57. The van der Waals surface area contributed by atoms with Crippen LogP contribution in [0.1, 0.15) is 24.0 Å². The molecule has 0 radical (unpaired) electrons. The van der Waals surface area contributed by atoms with Gasteiger partial charge in [-0.15, -0.1) is 0 Å². The van der Waals surface area contributed by atoms with Gasteiger partial charge in [-0.3, -0.25) is 0 Å². The molecule has 0 spiro atoms. The van der Waals surface area contributed by atoms with Crippen molar-refractivity contribution in [1.29, 1.82) is 0 Å². The first-order valence-corrected chi connectivity index (χ1v) is 5.22. The number of halogens is 1. The Hall–Kier alpha value is -1.09. The van der Waals surface area contributed by atoms with Gasteiger partial charge in [0.2, 0.25) is 0 Å². The third-order valence-corrected chi connectivity index (χ3v) is 2.46. The van der Waals surface area contributed by atoms with Gasteiger partial charge in [-0.1, -0.05) is 0 Å². The molecule has 0 unspecified atom stereocenters. The highest BCUT2D eigenvalue weighted by atomic mass is 19.1. The minimum atomic E-state index is -0.148. The van der Waals surface area contributed by atoms with Crippen LogP contribution in [0.2, 0.25) is 0 Å². The van der Waals surface area contributed by atoms with Crippen molar-refractivity contribution in [3.63, 3.8) is 0 Å². The second-order valence-electron chi connectivity index (χ2n) is 3.66. The predicted octanol–water partition coefficient (Wildman–Crippen LogP) is 2.42. The van der Waals surface area contributed by atoms with Crippen molar-refractivity contribution in [2.24, 2.45) is 5.73 Å². The zero-order valence-corrected chi connectivity index (χ0v) is 9.35. The number of unbranched alkanes of at least 4 members (excludes halogenated alkanes) is 1. The molecular weight excluding hydrogens is 193 g/mol. The Morgan fingerprint density at radius 3 is 2.67 bits per heavy atom. The monoisotopic (exact) mass is 211 g/mol. The minimum Gasteiger partial charge on any atom is -0.496 e. The zero-order chi connectivity index (χ0) is 11.3. The van der Waals surface area contributed by atoms with Gasteiger partial charge in [0.05, 0.1) is 7.11 Å². The lowest BCUT2D eigenvalue weighted by molar-refractivity contribution is 0.409. The summed E-state index contributed by atoms with van der Waals surface area (Å²) in [5, 5.41) is 0. The molecular formula is C12H18FNO. The number of benzene rings is 1. The average molecular weight is 211 g/mol. The highest BCUT2D eigenvalue weighted by Gasteiger charge is 2.07. The molecule has 1 aromatic rings. The van der Waals surface area contributed by atoms with E-state index < -0.39 is 0 Å². The summed E-state index contributed by atoms with van der Waals surface area (Å²) in [7, 11) is 1.60. The minimum absolute atomic E-state index is 0.148. The summed E-state index contributed by atoms with van der Waals surface area (Å²) < 4.78 is 18.7. The fraction of sp³-hybridized carbons (Fsp3) is 0.500. The molecule has 0 aromatic heterocycles. The molecule has 0 aliphatic rings. The molecule has 0 saturated heterocycles. The number of methoxy groups -OCH3 is 1. The summed E-state index contributed by atoms with van der Waals surface area (Å²) >= 11 is 0. The van der Waals surface area contributed by atoms with E-state index in [-0.39, 0.29) is 5.82 Å². The smallest absolute Gasteiger partial charge is 0.126 e. The number of hydrogen-bond acceptors (Lipinski definition) is 2. The van der Waals surface area contributed by atoms with E-state index in [1.54, 1.807) is 13.2 Å².